The molecule has 70 valence electrons. The lowest BCUT2D eigenvalue weighted by molar-refractivity contribution is 0.588. The third-order valence-corrected chi connectivity index (χ3v) is 4.22. The molecule has 1 rings (SSSR count). The molecule has 1 N–H and O–H groups in total. The molecule has 0 aliphatic carbocycles. The highest BCUT2D eigenvalue weighted by atomic mass is 32.2. The first kappa shape index (κ1) is 10.2. The van der Waals surface area contributed by atoms with Crippen molar-refractivity contribution in [1.29, 1.82) is 5.26 Å². The minimum atomic E-state index is -3.46. The molecule has 0 bridgehead atoms. The van der Waals surface area contributed by atoms with Crippen LogP contribution in [-0.4, -0.2) is 15.0 Å². The Morgan fingerprint density at radius 3 is 2.77 bits per heavy atom. The Bertz CT molecular complexity index is 428. The van der Waals surface area contributed by atoms with Crippen LogP contribution in [0.15, 0.2) is 16.3 Å². The van der Waals surface area contributed by atoms with Crippen LogP contribution in [0.25, 0.3) is 0 Å². The van der Waals surface area contributed by atoms with E-state index >= 15 is 0 Å². The maximum atomic E-state index is 11.4. The van der Waals surface area contributed by atoms with Gasteiger partial charge in [0, 0.05) is 4.88 Å². The Kier molecular flexibility index (Phi) is 3.03. The Labute approximate surface area is 80.9 Å². The Hall–Kier alpha value is -0.900. The van der Waals surface area contributed by atoms with E-state index in [1.807, 2.05) is 6.92 Å². The summed E-state index contributed by atoms with van der Waals surface area (Å²) in [5.41, 5.74) is 0. The van der Waals surface area contributed by atoms with Gasteiger partial charge in [-0.3, -0.25) is 0 Å². The first-order valence-corrected chi connectivity index (χ1v) is 5.79. The normalized spacial score (nSPS) is 11.1. The fourth-order valence-electron chi connectivity index (χ4n) is 0.755. The highest BCUT2D eigenvalue weighted by Gasteiger charge is 2.14. The van der Waals surface area contributed by atoms with E-state index in [1.165, 1.54) is 17.4 Å². The average molecular weight is 216 g/mol. The van der Waals surface area contributed by atoms with Gasteiger partial charge in [0.25, 0.3) is 10.0 Å². The first-order chi connectivity index (χ1) is 6.06. The topological polar surface area (TPSA) is 70.0 Å². The summed E-state index contributed by atoms with van der Waals surface area (Å²) in [4.78, 5) is 0.928. The van der Waals surface area contributed by atoms with Gasteiger partial charge in [0.05, 0.1) is 12.6 Å². The third kappa shape index (κ3) is 2.52. The van der Waals surface area contributed by atoms with E-state index in [4.69, 9.17) is 5.26 Å². The molecule has 0 saturated heterocycles. The number of nitrogens with one attached hydrogen (secondary N) is 1. The zero-order valence-electron chi connectivity index (χ0n) is 6.94. The number of hydrogen-bond acceptors (Lipinski definition) is 4. The van der Waals surface area contributed by atoms with E-state index in [-0.39, 0.29) is 10.8 Å². The van der Waals surface area contributed by atoms with Crippen molar-refractivity contribution in [2.24, 2.45) is 0 Å². The van der Waals surface area contributed by atoms with E-state index in [9.17, 15) is 8.42 Å². The lowest BCUT2D eigenvalue weighted by Crippen LogP contribution is -2.22. The zero-order chi connectivity index (χ0) is 9.90. The molecule has 6 heteroatoms. The van der Waals surface area contributed by atoms with Crippen LogP contribution in [0.3, 0.4) is 0 Å². The van der Waals surface area contributed by atoms with Gasteiger partial charge in [0.2, 0.25) is 0 Å². The van der Waals surface area contributed by atoms with Crippen LogP contribution >= 0.6 is 11.3 Å². The van der Waals surface area contributed by atoms with E-state index in [0.717, 1.165) is 4.88 Å². The number of aryl methyl sites for hydroxylation is 1. The second-order valence-electron chi connectivity index (χ2n) is 2.35. The van der Waals surface area contributed by atoms with E-state index < -0.39 is 10.0 Å². The molecule has 13 heavy (non-hydrogen) atoms. The summed E-state index contributed by atoms with van der Waals surface area (Å²) in [5.74, 6) is 0. The van der Waals surface area contributed by atoms with Crippen LogP contribution in [0.1, 0.15) is 4.88 Å². The van der Waals surface area contributed by atoms with Crippen molar-refractivity contribution in [3.05, 3.63) is 17.0 Å². The highest BCUT2D eigenvalue weighted by molar-refractivity contribution is 7.91. The molecule has 1 heterocycles. The van der Waals surface area contributed by atoms with Gasteiger partial charge < -0.3 is 0 Å². The first-order valence-electron chi connectivity index (χ1n) is 3.49. The van der Waals surface area contributed by atoms with Crippen molar-refractivity contribution >= 4 is 21.4 Å². The molecule has 4 nitrogen and oxygen atoms in total. The minimum Gasteiger partial charge on any atom is -0.206 e. The van der Waals surface area contributed by atoms with Gasteiger partial charge in [-0.2, -0.15) is 9.98 Å². The molecule has 0 aliphatic heterocycles. The lowest BCUT2D eigenvalue weighted by Gasteiger charge is -1.98. The molecule has 0 radical (unpaired) electrons. The van der Waals surface area contributed by atoms with Crippen molar-refractivity contribution in [2.75, 3.05) is 6.54 Å². The predicted molar refractivity (Wildman–Crippen MR) is 49.9 cm³/mol. The zero-order valence-corrected chi connectivity index (χ0v) is 8.58. The van der Waals surface area contributed by atoms with Crippen molar-refractivity contribution < 1.29 is 8.42 Å². The van der Waals surface area contributed by atoms with Gasteiger partial charge in [-0.15, -0.1) is 11.3 Å². The number of nitriles is 1. The van der Waals surface area contributed by atoms with Crippen molar-refractivity contribution in [3.8, 4) is 6.07 Å². The summed E-state index contributed by atoms with van der Waals surface area (Å²) in [7, 11) is -3.46. The van der Waals surface area contributed by atoms with E-state index in [1.54, 1.807) is 12.1 Å². The van der Waals surface area contributed by atoms with Gasteiger partial charge in [-0.1, -0.05) is 0 Å². The molecular formula is C7H8N2O2S2. The van der Waals surface area contributed by atoms with Gasteiger partial charge in [0.1, 0.15) is 4.21 Å². The largest absolute Gasteiger partial charge is 0.250 e. The summed E-state index contributed by atoms with van der Waals surface area (Å²) in [6.07, 6.45) is 0. The van der Waals surface area contributed by atoms with Crippen molar-refractivity contribution in [3.63, 3.8) is 0 Å². The molecule has 0 spiro atoms. The summed E-state index contributed by atoms with van der Waals surface area (Å²) < 4.78 is 25.1. The molecule has 0 unspecified atom stereocenters. The van der Waals surface area contributed by atoms with E-state index in [2.05, 4.69) is 4.72 Å². The molecular weight excluding hydrogens is 208 g/mol. The second kappa shape index (κ2) is 3.87. The Balaban J connectivity index is 2.89. The van der Waals surface area contributed by atoms with Crippen LogP contribution < -0.4 is 4.72 Å². The Morgan fingerprint density at radius 2 is 2.31 bits per heavy atom. The summed E-state index contributed by atoms with van der Waals surface area (Å²) in [5, 5.41) is 8.21. The quantitative estimate of drug-likeness (QED) is 0.762. The fourth-order valence-corrected chi connectivity index (χ4v) is 3.00. The molecule has 0 atom stereocenters. The highest BCUT2D eigenvalue weighted by Crippen LogP contribution is 2.19. The smallest absolute Gasteiger partial charge is 0.206 e. The molecule has 1 aromatic rings. The predicted octanol–water partition coefficient (Wildman–Crippen LogP) is 0.858. The number of thiophene rings is 1. The maximum absolute atomic E-state index is 11.4. The number of nitrogens with zero attached hydrogens (tertiary/aromatic N) is 1. The van der Waals surface area contributed by atoms with Gasteiger partial charge in [-0.05, 0) is 19.1 Å². The molecule has 0 amide bonds. The van der Waals surface area contributed by atoms with Gasteiger partial charge in [0.15, 0.2) is 0 Å². The van der Waals surface area contributed by atoms with Crippen LogP contribution in [0.5, 0.6) is 0 Å². The number of sulfonamides is 1. The standard InChI is InChI=1S/C7H8N2O2S2/c1-6-2-3-7(12-6)13(10,11)9-5-4-8/h2-3,9H,5H2,1H3. The SMILES string of the molecule is Cc1ccc(S(=O)(=O)NCC#N)s1. The molecule has 0 aromatic carbocycles. The molecule has 0 fully saturated rings. The third-order valence-electron chi connectivity index (χ3n) is 1.32. The minimum absolute atomic E-state index is 0.195. The summed E-state index contributed by atoms with van der Waals surface area (Å²) in [6, 6.07) is 4.97. The van der Waals surface area contributed by atoms with E-state index in [0.29, 0.717) is 0 Å². The number of rotatable bonds is 3. The lowest BCUT2D eigenvalue weighted by atomic mass is 10.5. The van der Waals surface area contributed by atoms with Gasteiger partial charge in [-0.25, -0.2) is 8.42 Å². The molecule has 0 aliphatic rings. The molecule has 1 aromatic heterocycles. The average Bonchev–Trinajstić information content (AvgIpc) is 2.49. The monoisotopic (exact) mass is 216 g/mol. The fraction of sp³-hybridized carbons (Fsp3) is 0.286. The van der Waals surface area contributed by atoms with Crippen LogP contribution in [0.2, 0.25) is 0 Å². The van der Waals surface area contributed by atoms with Crippen molar-refractivity contribution in [2.45, 2.75) is 11.1 Å². The Morgan fingerprint density at radius 1 is 1.62 bits per heavy atom. The van der Waals surface area contributed by atoms with Crippen LogP contribution in [0.4, 0.5) is 0 Å². The van der Waals surface area contributed by atoms with Crippen LogP contribution in [-0.2, 0) is 10.0 Å². The summed E-state index contributed by atoms with van der Waals surface area (Å²) in [6.45, 7) is 1.63. The van der Waals surface area contributed by atoms with Crippen LogP contribution in [0, 0.1) is 18.3 Å². The number of hydrogen-bond donors (Lipinski definition) is 1. The second-order valence-corrected chi connectivity index (χ2v) is 5.63. The maximum Gasteiger partial charge on any atom is 0.250 e. The van der Waals surface area contributed by atoms with Gasteiger partial charge >= 0.3 is 0 Å². The summed E-state index contributed by atoms with van der Waals surface area (Å²) >= 11 is 1.19. The van der Waals surface area contributed by atoms with Crippen molar-refractivity contribution in [1.82, 2.24) is 4.72 Å². The molecule has 0 saturated carbocycles.